The van der Waals surface area contributed by atoms with Crippen LogP contribution >= 0.6 is 0 Å². The zero-order chi connectivity index (χ0) is 13.3. The van der Waals surface area contributed by atoms with E-state index < -0.39 is 30.5 Å². The lowest BCUT2D eigenvalue weighted by atomic mass is 10.1. The van der Waals surface area contributed by atoms with Crippen LogP contribution in [0.1, 0.15) is 17.2 Å². The predicted octanol–water partition coefficient (Wildman–Crippen LogP) is 0.673. The van der Waals surface area contributed by atoms with Crippen LogP contribution < -0.4 is 5.32 Å². The number of hydrogen-bond acceptors (Lipinski definition) is 3. The average Bonchev–Trinajstić information content (AvgIpc) is 2.58. The second-order valence-electron chi connectivity index (χ2n) is 4.11. The molecule has 1 aromatic rings. The summed E-state index contributed by atoms with van der Waals surface area (Å²) in [6.45, 7) is 1.29. The largest absolute Gasteiger partial charge is 0.480 e. The van der Waals surface area contributed by atoms with Crippen LogP contribution in [0, 0.1) is 6.92 Å². The highest BCUT2D eigenvalue weighted by molar-refractivity contribution is 6.06. The maximum atomic E-state index is 11.9. The maximum Gasteiger partial charge on any atom is 0.325 e. The summed E-state index contributed by atoms with van der Waals surface area (Å²) in [5, 5.41) is 11.1. The molecule has 18 heavy (non-hydrogen) atoms. The molecule has 1 saturated heterocycles. The molecule has 1 heterocycles. The van der Waals surface area contributed by atoms with Crippen LogP contribution in [0.25, 0.3) is 0 Å². The highest BCUT2D eigenvalue weighted by Gasteiger charge is 2.39. The quantitative estimate of drug-likeness (QED) is 0.770. The van der Waals surface area contributed by atoms with Crippen LogP contribution in [0.5, 0.6) is 0 Å². The van der Waals surface area contributed by atoms with Crippen molar-refractivity contribution in [3.8, 4) is 0 Å². The molecule has 6 nitrogen and oxygen atoms in total. The number of carbonyl (C=O) groups is 3. The van der Waals surface area contributed by atoms with Crippen molar-refractivity contribution in [2.45, 2.75) is 13.0 Å². The Morgan fingerprint density at radius 2 is 1.94 bits per heavy atom. The molecule has 1 aliphatic rings. The van der Waals surface area contributed by atoms with Gasteiger partial charge in [0.25, 0.3) is 5.91 Å². The highest BCUT2D eigenvalue weighted by Crippen LogP contribution is 2.21. The van der Waals surface area contributed by atoms with E-state index in [0.29, 0.717) is 10.5 Å². The summed E-state index contributed by atoms with van der Waals surface area (Å²) in [5.74, 6) is -1.76. The number of benzene rings is 1. The van der Waals surface area contributed by atoms with Crippen molar-refractivity contribution < 1.29 is 19.5 Å². The number of nitrogens with zero attached hydrogens (tertiary/aromatic N) is 1. The average molecular weight is 248 g/mol. The summed E-state index contributed by atoms with van der Waals surface area (Å²) < 4.78 is 0. The van der Waals surface area contributed by atoms with E-state index in [2.05, 4.69) is 5.32 Å². The first kappa shape index (κ1) is 12.1. The van der Waals surface area contributed by atoms with Gasteiger partial charge in [0.2, 0.25) is 0 Å². The summed E-state index contributed by atoms with van der Waals surface area (Å²) in [5.41, 5.74) is 1.68. The molecule has 1 aliphatic heterocycles. The summed E-state index contributed by atoms with van der Waals surface area (Å²) in [7, 11) is 0. The second-order valence-corrected chi connectivity index (χ2v) is 4.11. The van der Waals surface area contributed by atoms with Crippen molar-refractivity contribution in [2.24, 2.45) is 0 Å². The Kier molecular flexibility index (Phi) is 3.01. The molecule has 0 aromatic heterocycles. The number of amides is 3. The van der Waals surface area contributed by atoms with Gasteiger partial charge >= 0.3 is 12.0 Å². The van der Waals surface area contributed by atoms with Gasteiger partial charge in [-0.05, 0) is 12.5 Å². The Bertz CT molecular complexity index is 509. The first-order valence-corrected chi connectivity index (χ1v) is 5.39. The first-order chi connectivity index (χ1) is 8.49. The molecule has 2 N–H and O–H groups in total. The molecular formula is C12H12N2O4. The van der Waals surface area contributed by atoms with Gasteiger partial charge in [-0.1, -0.05) is 29.8 Å². The summed E-state index contributed by atoms with van der Waals surface area (Å²) in [6.07, 6.45) is 0. The summed E-state index contributed by atoms with van der Waals surface area (Å²) >= 11 is 0. The van der Waals surface area contributed by atoms with E-state index in [1.807, 2.05) is 19.1 Å². The number of nitrogens with one attached hydrogen (secondary N) is 1. The van der Waals surface area contributed by atoms with Gasteiger partial charge in [0.15, 0.2) is 0 Å². The van der Waals surface area contributed by atoms with E-state index in [-0.39, 0.29) is 0 Å². The van der Waals surface area contributed by atoms with Crippen molar-refractivity contribution in [3.63, 3.8) is 0 Å². The Morgan fingerprint density at radius 1 is 1.33 bits per heavy atom. The van der Waals surface area contributed by atoms with Crippen LogP contribution in [-0.4, -0.2) is 34.5 Å². The molecule has 2 rings (SSSR count). The third-order valence-electron chi connectivity index (χ3n) is 2.73. The van der Waals surface area contributed by atoms with Gasteiger partial charge in [-0.15, -0.1) is 0 Å². The Balaban J connectivity index is 2.22. The minimum atomic E-state index is -1.22. The number of aliphatic carboxylic acids is 1. The number of rotatable bonds is 3. The Labute approximate surface area is 103 Å². The van der Waals surface area contributed by atoms with Gasteiger partial charge in [0, 0.05) is 0 Å². The van der Waals surface area contributed by atoms with Crippen LogP contribution in [-0.2, 0) is 9.59 Å². The molecule has 1 unspecified atom stereocenters. The molecule has 3 amide bonds. The lowest BCUT2D eigenvalue weighted by molar-refractivity contribution is -0.141. The van der Waals surface area contributed by atoms with Crippen molar-refractivity contribution >= 4 is 17.9 Å². The van der Waals surface area contributed by atoms with E-state index in [0.717, 1.165) is 5.56 Å². The number of carboxylic acid groups (broad SMARTS) is 1. The molecule has 0 saturated carbocycles. The number of carboxylic acids is 1. The van der Waals surface area contributed by atoms with Gasteiger partial charge in [-0.3, -0.25) is 14.5 Å². The highest BCUT2D eigenvalue weighted by atomic mass is 16.4. The standard InChI is InChI=1S/C12H12N2O4/c1-7-2-4-8(5-3-7)10-11(17)14(6-9(15)16)12(18)13-10/h2-5,10H,6H2,1H3,(H,13,18)(H,15,16). The Morgan fingerprint density at radius 3 is 2.50 bits per heavy atom. The number of aryl methyl sites for hydroxylation is 1. The van der Waals surface area contributed by atoms with Crippen LogP contribution in [0.2, 0.25) is 0 Å². The molecule has 0 aliphatic carbocycles. The van der Waals surface area contributed by atoms with Gasteiger partial charge < -0.3 is 10.4 Å². The monoisotopic (exact) mass is 248 g/mol. The third-order valence-corrected chi connectivity index (χ3v) is 2.73. The molecule has 1 fully saturated rings. The fourth-order valence-corrected chi connectivity index (χ4v) is 1.79. The van der Waals surface area contributed by atoms with E-state index in [9.17, 15) is 14.4 Å². The Hall–Kier alpha value is -2.37. The minimum absolute atomic E-state index is 0.536. The zero-order valence-electron chi connectivity index (χ0n) is 9.71. The molecule has 94 valence electrons. The van der Waals surface area contributed by atoms with Crippen LogP contribution in [0.15, 0.2) is 24.3 Å². The fraction of sp³-hybridized carbons (Fsp3) is 0.250. The van der Waals surface area contributed by atoms with Gasteiger partial charge in [-0.25, -0.2) is 4.79 Å². The van der Waals surface area contributed by atoms with E-state index in [1.54, 1.807) is 12.1 Å². The van der Waals surface area contributed by atoms with Crippen LogP contribution in [0.4, 0.5) is 4.79 Å². The fourth-order valence-electron chi connectivity index (χ4n) is 1.79. The smallest absolute Gasteiger partial charge is 0.325 e. The topological polar surface area (TPSA) is 86.7 Å². The first-order valence-electron chi connectivity index (χ1n) is 5.39. The van der Waals surface area contributed by atoms with E-state index >= 15 is 0 Å². The minimum Gasteiger partial charge on any atom is -0.480 e. The molecule has 1 aromatic carbocycles. The number of urea groups is 1. The number of hydrogen-bond donors (Lipinski definition) is 2. The molecule has 0 bridgehead atoms. The molecule has 1 atom stereocenters. The van der Waals surface area contributed by atoms with Crippen molar-refractivity contribution in [3.05, 3.63) is 35.4 Å². The number of imide groups is 1. The van der Waals surface area contributed by atoms with Gasteiger partial charge in [0.05, 0.1) is 0 Å². The normalized spacial score (nSPS) is 18.9. The van der Waals surface area contributed by atoms with Crippen molar-refractivity contribution in [1.82, 2.24) is 10.2 Å². The van der Waals surface area contributed by atoms with Gasteiger partial charge in [-0.2, -0.15) is 0 Å². The van der Waals surface area contributed by atoms with Gasteiger partial charge in [0.1, 0.15) is 12.6 Å². The predicted molar refractivity (Wildman–Crippen MR) is 61.8 cm³/mol. The van der Waals surface area contributed by atoms with Crippen molar-refractivity contribution in [2.75, 3.05) is 6.54 Å². The summed E-state index contributed by atoms with van der Waals surface area (Å²) in [4.78, 5) is 34.7. The number of carbonyl (C=O) groups excluding carboxylic acids is 2. The maximum absolute atomic E-state index is 11.9. The van der Waals surface area contributed by atoms with E-state index in [1.165, 1.54) is 0 Å². The third kappa shape index (κ3) is 2.17. The second kappa shape index (κ2) is 4.48. The zero-order valence-corrected chi connectivity index (χ0v) is 9.71. The molecular weight excluding hydrogens is 236 g/mol. The molecule has 6 heteroatoms. The molecule has 0 spiro atoms. The summed E-state index contributed by atoms with van der Waals surface area (Å²) in [6, 6.07) is 5.67. The van der Waals surface area contributed by atoms with Crippen molar-refractivity contribution in [1.29, 1.82) is 0 Å². The van der Waals surface area contributed by atoms with E-state index in [4.69, 9.17) is 5.11 Å². The molecule has 0 radical (unpaired) electrons. The lowest BCUT2D eigenvalue weighted by Gasteiger charge is -2.10. The SMILES string of the molecule is Cc1ccc(C2NC(=O)N(CC(=O)O)C2=O)cc1. The lowest BCUT2D eigenvalue weighted by Crippen LogP contribution is -2.35. The van der Waals surface area contributed by atoms with Crippen LogP contribution in [0.3, 0.4) is 0 Å².